The number of hydrogen-bond donors (Lipinski definition) is 1. The van der Waals surface area contributed by atoms with E-state index in [1.54, 1.807) is 0 Å². The van der Waals surface area contributed by atoms with Gasteiger partial charge in [0.25, 0.3) is 0 Å². The molecule has 0 saturated carbocycles. The van der Waals surface area contributed by atoms with Gasteiger partial charge in [-0.1, -0.05) is 121 Å². The molecule has 1 nitrogen and oxygen atoms in total. The Bertz CT molecular complexity index is 804. The summed E-state index contributed by atoms with van der Waals surface area (Å²) in [5.74, 6) is 5.29. The second-order valence-corrected chi connectivity index (χ2v) is 12.2. The fraction of sp³-hybridized carbons (Fsp3) is 0.625. The lowest BCUT2D eigenvalue weighted by atomic mass is 9.89. The third kappa shape index (κ3) is 12.2. The summed E-state index contributed by atoms with van der Waals surface area (Å²) < 4.78 is 0. The maximum atomic E-state index is 10.4. The Kier molecular flexibility index (Phi) is 16.5. The van der Waals surface area contributed by atoms with Gasteiger partial charge in [0.05, 0.1) is 0 Å². The van der Waals surface area contributed by atoms with E-state index in [9.17, 15) is 5.11 Å². The van der Waals surface area contributed by atoms with Gasteiger partial charge in [0.1, 0.15) is 5.75 Å². The van der Waals surface area contributed by atoms with Crippen LogP contribution in [0, 0.1) is 0 Å². The van der Waals surface area contributed by atoms with Gasteiger partial charge in [-0.05, 0) is 47.1 Å². The number of phenolic OH excluding ortho intramolecular Hbond substituents is 1. The molecule has 0 fully saturated rings. The first-order chi connectivity index (χ1) is 17.2. The van der Waals surface area contributed by atoms with Gasteiger partial charge in [0.15, 0.2) is 0 Å². The molecule has 3 heteroatoms. The van der Waals surface area contributed by atoms with Gasteiger partial charge in [-0.25, -0.2) is 0 Å². The molecule has 0 radical (unpaired) electrons. The molecule has 1 N–H and O–H groups in total. The molecule has 2 aromatic rings. The molecule has 0 aromatic heterocycles. The van der Waals surface area contributed by atoms with Crippen molar-refractivity contribution in [3.05, 3.63) is 64.7 Å². The molecule has 1 atom stereocenters. The Balaban J connectivity index is 1.93. The van der Waals surface area contributed by atoms with Crippen LogP contribution in [-0.2, 0) is 11.5 Å². The SMILES string of the molecule is CCCCCCCCSCc1ccc(C(C)c2ccccc2O)c(CSCCCCCCCC)c1. The lowest BCUT2D eigenvalue weighted by Crippen LogP contribution is -2.02. The van der Waals surface area contributed by atoms with Crippen LogP contribution in [0.3, 0.4) is 0 Å². The quantitative estimate of drug-likeness (QED) is 0.177. The number of aromatic hydroxyl groups is 1. The van der Waals surface area contributed by atoms with Crippen molar-refractivity contribution in [3.63, 3.8) is 0 Å². The van der Waals surface area contributed by atoms with Crippen LogP contribution in [-0.4, -0.2) is 16.6 Å². The molecule has 0 amide bonds. The second-order valence-electron chi connectivity index (χ2n) is 9.95. The number of benzene rings is 2. The first-order valence-corrected chi connectivity index (χ1v) is 16.5. The minimum atomic E-state index is 0.200. The molecular formula is C32H50OS2. The van der Waals surface area contributed by atoms with E-state index in [1.807, 2.05) is 18.2 Å². The maximum Gasteiger partial charge on any atom is 0.119 e. The van der Waals surface area contributed by atoms with Gasteiger partial charge < -0.3 is 5.11 Å². The number of hydrogen-bond acceptors (Lipinski definition) is 3. The lowest BCUT2D eigenvalue weighted by molar-refractivity contribution is 0.466. The third-order valence-electron chi connectivity index (χ3n) is 6.89. The summed E-state index contributed by atoms with van der Waals surface area (Å²) in [7, 11) is 0. The van der Waals surface area contributed by atoms with Gasteiger partial charge in [-0.15, -0.1) is 0 Å². The van der Waals surface area contributed by atoms with Crippen molar-refractivity contribution in [2.24, 2.45) is 0 Å². The van der Waals surface area contributed by atoms with Crippen molar-refractivity contribution in [3.8, 4) is 5.75 Å². The smallest absolute Gasteiger partial charge is 0.119 e. The van der Waals surface area contributed by atoms with E-state index in [1.165, 1.54) is 105 Å². The molecule has 35 heavy (non-hydrogen) atoms. The van der Waals surface area contributed by atoms with Crippen LogP contribution in [0.2, 0.25) is 0 Å². The molecular weight excluding hydrogens is 464 g/mol. The first-order valence-electron chi connectivity index (χ1n) is 14.2. The summed E-state index contributed by atoms with van der Waals surface area (Å²) in [5, 5.41) is 10.4. The van der Waals surface area contributed by atoms with Crippen LogP contribution in [0.4, 0.5) is 0 Å². The summed E-state index contributed by atoms with van der Waals surface area (Å²) in [6.45, 7) is 6.80. The summed E-state index contributed by atoms with van der Waals surface area (Å²) in [4.78, 5) is 0. The van der Waals surface area contributed by atoms with Crippen LogP contribution >= 0.6 is 23.5 Å². The molecule has 196 valence electrons. The van der Waals surface area contributed by atoms with Gasteiger partial charge in [-0.3, -0.25) is 0 Å². The largest absolute Gasteiger partial charge is 0.508 e. The number of thioether (sulfide) groups is 2. The van der Waals surface area contributed by atoms with Crippen LogP contribution < -0.4 is 0 Å². The van der Waals surface area contributed by atoms with E-state index < -0.39 is 0 Å². The van der Waals surface area contributed by atoms with Gasteiger partial charge in [-0.2, -0.15) is 23.5 Å². The van der Waals surface area contributed by atoms with Crippen molar-refractivity contribution in [1.29, 1.82) is 0 Å². The third-order valence-corrected chi connectivity index (χ3v) is 9.10. The number of rotatable bonds is 20. The van der Waals surface area contributed by atoms with E-state index in [0.29, 0.717) is 5.75 Å². The Labute approximate surface area is 225 Å². The minimum absolute atomic E-state index is 0.200. The summed E-state index contributed by atoms with van der Waals surface area (Å²) >= 11 is 4.17. The molecule has 0 bridgehead atoms. The van der Waals surface area contributed by atoms with Crippen LogP contribution in [0.15, 0.2) is 42.5 Å². The fourth-order valence-electron chi connectivity index (χ4n) is 4.66. The molecule has 0 spiro atoms. The monoisotopic (exact) mass is 514 g/mol. The topological polar surface area (TPSA) is 20.2 Å². The molecule has 1 unspecified atom stereocenters. The standard InChI is InChI=1S/C32H50OS2/c1-4-6-8-10-12-16-22-34-25-28-20-21-30(27(3)31-18-14-15-19-32(31)33)29(24-28)26-35-23-17-13-11-9-7-5-2/h14-15,18-21,24,27,33H,4-13,16-17,22-23,25-26H2,1-3H3. The first kappa shape index (κ1) is 30.2. The molecule has 0 aliphatic carbocycles. The van der Waals surface area contributed by atoms with Gasteiger partial charge >= 0.3 is 0 Å². The fourth-order valence-corrected chi connectivity index (χ4v) is 6.65. The van der Waals surface area contributed by atoms with Crippen molar-refractivity contribution in [1.82, 2.24) is 0 Å². The molecule has 0 saturated heterocycles. The van der Waals surface area contributed by atoms with Crippen molar-refractivity contribution in [2.75, 3.05) is 11.5 Å². The Morgan fingerprint density at radius 2 is 1.23 bits per heavy atom. The summed E-state index contributed by atoms with van der Waals surface area (Å²) in [6.07, 6.45) is 16.4. The lowest BCUT2D eigenvalue weighted by Gasteiger charge is -2.19. The Hall–Kier alpha value is -1.06. The van der Waals surface area contributed by atoms with E-state index in [4.69, 9.17) is 0 Å². The zero-order valence-electron chi connectivity index (χ0n) is 22.7. The van der Waals surface area contributed by atoms with Crippen LogP contribution in [0.5, 0.6) is 5.75 Å². The predicted molar refractivity (Wildman–Crippen MR) is 161 cm³/mol. The van der Waals surface area contributed by atoms with E-state index >= 15 is 0 Å². The molecule has 2 rings (SSSR count). The van der Waals surface area contributed by atoms with Crippen molar-refractivity contribution < 1.29 is 5.11 Å². The average molecular weight is 515 g/mol. The molecule has 0 heterocycles. The Morgan fingerprint density at radius 1 is 0.657 bits per heavy atom. The van der Waals surface area contributed by atoms with Crippen molar-refractivity contribution in [2.45, 2.75) is 115 Å². The van der Waals surface area contributed by atoms with Crippen molar-refractivity contribution >= 4 is 23.5 Å². The maximum absolute atomic E-state index is 10.4. The zero-order chi connectivity index (χ0) is 25.1. The number of para-hydroxylation sites is 1. The highest BCUT2D eigenvalue weighted by Crippen LogP contribution is 2.35. The molecule has 2 aromatic carbocycles. The highest BCUT2D eigenvalue weighted by atomic mass is 32.2. The van der Waals surface area contributed by atoms with E-state index in [2.05, 4.69) is 68.6 Å². The van der Waals surface area contributed by atoms with Gasteiger partial charge in [0, 0.05) is 23.0 Å². The van der Waals surface area contributed by atoms with Crippen LogP contribution in [0.25, 0.3) is 0 Å². The minimum Gasteiger partial charge on any atom is -0.508 e. The summed E-state index contributed by atoms with van der Waals surface area (Å²) in [6, 6.07) is 14.9. The molecule has 0 aliphatic rings. The van der Waals surface area contributed by atoms with E-state index in [-0.39, 0.29) is 5.92 Å². The van der Waals surface area contributed by atoms with E-state index in [0.717, 1.165) is 17.1 Å². The normalized spacial score (nSPS) is 12.2. The Morgan fingerprint density at radius 3 is 1.86 bits per heavy atom. The predicted octanol–water partition coefficient (Wildman–Crippen LogP) is 10.7. The van der Waals surface area contributed by atoms with Crippen LogP contribution in [0.1, 0.15) is 126 Å². The summed E-state index contributed by atoms with van der Waals surface area (Å²) in [5.41, 5.74) is 5.30. The number of unbranched alkanes of at least 4 members (excludes halogenated alkanes) is 10. The number of phenols is 1. The zero-order valence-corrected chi connectivity index (χ0v) is 24.3. The highest BCUT2D eigenvalue weighted by molar-refractivity contribution is 7.98. The second kappa shape index (κ2) is 19.1. The molecule has 0 aliphatic heterocycles. The highest BCUT2D eigenvalue weighted by Gasteiger charge is 2.16. The average Bonchev–Trinajstić information content (AvgIpc) is 2.87. The van der Waals surface area contributed by atoms with Gasteiger partial charge in [0.2, 0.25) is 0 Å².